The van der Waals surface area contributed by atoms with Gasteiger partial charge in [-0.25, -0.2) is 0 Å². The average molecular weight is 366 g/mol. The molecule has 0 fully saturated rings. The van der Waals surface area contributed by atoms with Crippen molar-refractivity contribution in [3.8, 4) is 5.75 Å². The lowest BCUT2D eigenvalue weighted by atomic mass is 10.0. The summed E-state index contributed by atoms with van der Waals surface area (Å²) in [5.74, 6) is 0.581. The zero-order valence-corrected chi connectivity index (χ0v) is 16.0. The number of benzene rings is 2. The summed E-state index contributed by atoms with van der Waals surface area (Å²) < 4.78 is 10.7. The van der Waals surface area contributed by atoms with E-state index in [9.17, 15) is 4.79 Å². The molecule has 3 rings (SSSR count). The van der Waals surface area contributed by atoms with Gasteiger partial charge in [0.05, 0.1) is 13.2 Å². The van der Waals surface area contributed by atoms with E-state index in [1.165, 1.54) is 0 Å². The van der Waals surface area contributed by atoms with Crippen LogP contribution in [0.5, 0.6) is 5.75 Å². The summed E-state index contributed by atoms with van der Waals surface area (Å²) >= 11 is 0. The third kappa shape index (κ3) is 4.89. The van der Waals surface area contributed by atoms with Gasteiger partial charge in [0.25, 0.3) is 0 Å². The van der Waals surface area contributed by atoms with E-state index >= 15 is 0 Å². The fourth-order valence-corrected chi connectivity index (χ4v) is 3.06. The van der Waals surface area contributed by atoms with Crippen molar-refractivity contribution in [2.75, 3.05) is 7.11 Å². The number of carbonyl (C=O) groups excluding carboxylic acids is 1. The molecule has 0 unspecified atom stereocenters. The molecule has 5 nitrogen and oxygen atoms in total. The Hall–Kier alpha value is -2.79. The minimum Gasteiger partial charge on any atom is -0.497 e. The highest BCUT2D eigenvalue weighted by atomic mass is 16.5. The van der Waals surface area contributed by atoms with Gasteiger partial charge in [0.1, 0.15) is 11.8 Å². The second-order valence-corrected chi connectivity index (χ2v) is 6.83. The van der Waals surface area contributed by atoms with Crippen LogP contribution in [0.3, 0.4) is 0 Å². The second kappa shape index (κ2) is 8.73. The highest BCUT2D eigenvalue weighted by molar-refractivity contribution is 5.84. The molecule has 3 aromatic rings. The first-order chi connectivity index (χ1) is 13.1. The van der Waals surface area contributed by atoms with Crippen LogP contribution < -0.4 is 10.1 Å². The Balaban J connectivity index is 1.74. The second-order valence-electron chi connectivity index (χ2n) is 6.83. The minimum absolute atomic E-state index is 0.147. The van der Waals surface area contributed by atoms with E-state index in [0.717, 1.165) is 27.8 Å². The molecule has 0 saturated carbocycles. The van der Waals surface area contributed by atoms with E-state index in [-0.39, 0.29) is 12.1 Å². The van der Waals surface area contributed by atoms with Crippen LogP contribution in [0.25, 0.3) is 10.9 Å². The van der Waals surface area contributed by atoms with Crippen LogP contribution in [0.1, 0.15) is 25.0 Å². The maximum absolute atomic E-state index is 12.6. The normalized spacial score (nSPS) is 12.3. The van der Waals surface area contributed by atoms with Crippen LogP contribution in [0.15, 0.2) is 54.7 Å². The van der Waals surface area contributed by atoms with Crippen molar-refractivity contribution in [1.29, 1.82) is 0 Å². The van der Waals surface area contributed by atoms with E-state index in [1.54, 1.807) is 7.11 Å². The number of carbonyl (C=O) groups is 1. The molecule has 2 aromatic carbocycles. The van der Waals surface area contributed by atoms with Crippen LogP contribution in [-0.2, 0) is 22.5 Å². The number of esters is 1. The Kier molecular flexibility index (Phi) is 6.14. The fourth-order valence-electron chi connectivity index (χ4n) is 3.06. The van der Waals surface area contributed by atoms with Gasteiger partial charge in [-0.1, -0.05) is 30.3 Å². The number of aromatic nitrogens is 1. The number of fused-ring (bicyclic) bond motifs is 1. The molecular weight excluding hydrogens is 340 g/mol. The number of nitrogens with one attached hydrogen (secondary N) is 2. The van der Waals surface area contributed by atoms with Crippen molar-refractivity contribution in [3.63, 3.8) is 0 Å². The van der Waals surface area contributed by atoms with Crippen molar-refractivity contribution in [3.05, 3.63) is 65.9 Å². The van der Waals surface area contributed by atoms with Gasteiger partial charge >= 0.3 is 5.97 Å². The summed E-state index contributed by atoms with van der Waals surface area (Å²) in [6, 6.07) is 15.5. The van der Waals surface area contributed by atoms with Crippen molar-refractivity contribution in [2.45, 2.75) is 39.0 Å². The molecule has 1 atom stereocenters. The molecule has 0 amide bonds. The Morgan fingerprint density at radius 3 is 2.56 bits per heavy atom. The third-order valence-corrected chi connectivity index (χ3v) is 4.45. The minimum atomic E-state index is -0.422. The van der Waals surface area contributed by atoms with Gasteiger partial charge in [-0.05, 0) is 43.2 Å². The van der Waals surface area contributed by atoms with Gasteiger partial charge in [-0.15, -0.1) is 0 Å². The topological polar surface area (TPSA) is 63.3 Å². The van der Waals surface area contributed by atoms with Gasteiger partial charge in [0.2, 0.25) is 0 Å². The van der Waals surface area contributed by atoms with Gasteiger partial charge in [-0.3, -0.25) is 4.79 Å². The number of H-pyrrole nitrogens is 1. The number of methoxy groups -OCH3 is 1. The van der Waals surface area contributed by atoms with Crippen LogP contribution >= 0.6 is 0 Å². The Morgan fingerprint density at radius 1 is 1.11 bits per heavy atom. The number of ether oxygens (including phenoxy) is 2. The monoisotopic (exact) mass is 366 g/mol. The molecule has 0 radical (unpaired) electrons. The van der Waals surface area contributed by atoms with Crippen LogP contribution in [-0.4, -0.2) is 30.2 Å². The molecule has 1 heterocycles. The lowest BCUT2D eigenvalue weighted by Crippen LogP contribution is -2.40. The molecule has 0 aliphatic rings. The summed E-state index contributed by atoms with van der Waals surface area (Å²) in [5, 5.41) is 4.48. The molecule has 27 heavy (non-hydrogen) atoms. The maximum Gasteiger partial charge on any atom is 0.323 e. The van der Waals surface area contributed by atoms with Crippen molar-refractivity contribution in [1.82, 2.24) is 10.3 Å². The van der Waals surface area contributed by atoms with E-state index in [4.69, 9.17) is 9.47 Å². The number of rotatable bonds is 8. The molecule has 142 valence electrons. The molecule has 0 saturated heterocycles. The first kappa shape index (κ1) is 19.0. The van der Waals surface area contributed by atoms with E-state index < -0.39 is 6.04 Å². The maximum atomic E-state index is 12.6. The molecule has 2 N–H and O–H groups in total. The lowest BCUT2D eigenvalue weighted by molar-refractivity contribution is -0.150. The summed E-state index contributed by atoms with van der Waals surface area (Å²) in [6.07, 6.45) is 2.38. The summed E-state index contributed by atoms with van der Waals surface area (Å²) in [7, 11) is 1.65. The van der Waals surface area contributed by atoms with Gasteiger partial charge in [0.15, 0.2) is 0 Å². The molecule has 0 aliphatic heterocycles. The largest absolute Gasteiger partial charge is 0.497 e. The highest BCUT2D eigenvalue weighted by Gasteiger charge is 2.22. The predicted octanol–water partition coefficient (Wildman–Crippen LogP) is 3.83. The van der Waals surface area contributed by atoms with Crippen molar-refractivity contribution in [2.24, 2.45) is 0 Å². The summed E-state index contributed by atoms with van der Waals surface area (Å²) in [6.45, 7) is 4.30. The smallest absolute Gasteiger partial charge is 0.323 e. The standard InChI is InChI=1S/C22H26N2O3/c1-15(2)27-22(25)21(23-13-16-8-10-18(26-3)11-9-16)12-17-14-24-20-7-5-4-6-19(17)20/h4-11,14-15,21,23-24H,12-13H2,1-3H3/t21-/m0/s1. The number of hydrogen-bond donors (Lipinski definition) is 2. The van der Waals surface area contributed by atoms with Crippen LogP contribution in [0.2, 0.25) is 0 Å². The zero-order chi connectivity index (χ0) is 19.2. The zero-order valence-electron chi connectivity index (χ0n) is 16.0. The molecule has 0 spiro atoms. The average Bonchev–Trinajstić information content (AvgIpc) is 3.08. The molecule has 0 bridgehead atoms. The van der Waals surface area contributed by atoms with Crippen LogP contribution in [0, 0.1) is 0 Å². The fraction of sp³-hybridized carbons (Fsp3) is 0.318. The quantitative estimate of drug-likeness (QED) is 0.595. The van der Waals surface area contributed by atoms with E-state index in [0.29, 0.717) is 13.0 Å². The van der Waals surface area contributed by atoms with Gasteiger partial charge in [0, 0.05) is 30.1 Å². The molecule has 1 aromatic heterocycles. The molecule has 0 aliphatic carbocycles. The molecule has 5 heteroatoms. The SMILES string of the molecule is COc1ccc(CN[C@@H](Cc2c[nH]c3ccccc23)C(=O)OC(C)C)cc1. The van der Waals surface area contributed by atoms with Gasteiger partial charge in [-0.2, -0.15) is 0 Å². The van der Waals surface area contributed by atoms with E-state index in [2.05, 4.69) is 16.4 Å². The van der Waals surface area contributed by atoms with Crippen molar-refractivity contribution >= 4 is 16.9 Å². The van der Waals surface area contributed by atoms with Gasteiger partial charge < -0.3 is 19.8 Å². The number of hydrogen-bond acceptors (Lipinski definition) is 4. The first-order valence-electron chi connectivity index (χ1n) is 9.18. The highest BCUT2D eigenvalue weighted by Crippen LogP contribution is 2.20. The summed E-state index contributed by atoms with van der Waals surface area (Å²) in [5.41, 5.74) is 3.24. The number of para-hydroxylation sites is 1. The number of aromatic amines is 1. The Morgan fingerprint density at radius 2 is 1.85 bits per heavy atom. The molecular formula is C22H26N2O3. The van der Waals surface area contributed by atoms with Crippen LogP contribution in [0.4, 0.5) is 0 Å². The Labute approximate surface area is 159 Å². The Bertz CT molecular complexity index is 884. The van der Waals surface area contributed by atoms with E-state index in [1.807, 2.05) is 62.5 Å². The predicted molar refractivity (Wildman–Crippen MR) is 107 cm³/mol. The van der Waals surface area contributed by atoms with Crippen molar-refractivity contribution < 1.29 is 14.3 Å². The third-order valence-electron chi connectivity index (χ3n) is 4.45. The summed E-state index contributed by atoms with van der Waals surface area (Å²) in [4.78, 5) is 15.9. The first-order valence-corrected chi connectivity index (χ1v) is 9.18. The lowest BCUT2D eigenvalue weighted by Gasteiger charge is -2.19.